The Labute approximate surface area is 112 Å². The van der Waals surface area contributed by atoms with Crippen LogP contribution >= 0.6 is 0 Å². The summed E-state index contributed by atoms with van der Waals surface area (Å²) in [6.45, 7) is 0.353. The first-order valence-electron chi connectivity index (χ1n) is 6.05. The van der Waals surface area contributed by atoms with Crippen molar-refractivity contribution in [3.05, 3.63) is 18.2 Å². The average molecular weight is 286 g/mol. The van der Waals surface area contributed by atoms with Crippen LogP contribution in [0.2, 0.25) is 0 Å². The van der Waals surface area contributed by atoms with E-state index in [0.29, 0.717) is 18.7 Å². The van der Waals surface area contributed by atoms with E-state index in [1.54, 1.807) is 0 Å². The number of nitrogens with one attached hydrogen (secondary N) is 2. The van der Waals surface area contributed by atoms with Gasteiger partial charge in [-0.05, 0) is 18.6 Å². The van der Waals surface area contributed by atoms with Crippen LogP contribution in [0.4, 0.5) is 14.5 Å². The van der Waals surface area contributed by atoms with Crippen LogP contribution < -0.4 is 20.1 Å². The molecule has 2 unspecified atom stereocenters. The van der Waals surface area contributed by atoms with Gasteiger partial charge in [-0.15, -0.1) is 8.78 Å². The van der Waals surface area contributed by atoms with Crippen molar-refractivity contribution in [3.8, 4) is 11.5 Å². The number of aliphatic hydroxyl groups is 1. The van der Waals surface area contributed by atoms with E-state index < -0.39 is 18.4 Å². The quantitative estimate of drug-likeness (QED) is 0.744. The van der Waals surface area contributed by atoms with E-state index in [4.69, 9.17) is 0 Å². The number of fused-ring (bicyclic) bond motifs is 1. The monoisotopic (exact) mass is 286 g/mol. The lowest BCUT2D eigenvalue weighted by Gasteiger charge is -2.11. The first-order chi connectivity index (χ1) is 9.43. The minimum Gasteiger partial charge on any atom is -0.395 e. The van der Waals surface area contributed by atoms with Gasteiger partial charge in [0.1, 0.15) is 0 Å². The number of aliphatic hydroxyl groups excluding tert-OH is 1. The summed E-state index contributed by atoms with van der Waals surface area (Å²) < 4.78 is 34.3. The Kier molecular flexibility index (Phi) is 2.98. The summed E-state index contributed by atoms with van der Waals surface area (Å²) in [4.78, 5) is 11.9. The van der Waals surface area contributed by atoms with Crippen LogP contribution in [-0.4, -0.2) is 36.0 Å². The van der Waals surface area contributed by atoms with Crippen LogP contribution in [0.25, 0.3) is 0 Å². The summed E-state index contributed by atoms with van der Waals surface area (Å²) in [6, 6.07) is 3.49. The molecular weight excluding hydrogens is 274 g/mol. The molecule has 6 nitrogen and oxygen atoms in total. The van der Waals surface area contributed by atoms with Crippen molar-refractivity contribution in [1.82, 2.24) is 5.32 Å². The van der Waals surface area contributed by atoms with Crippen LogP contribution in [0, 0.1) is 0 Å². The maximum Gasteiger partial charge on any atom is 0.586 e. The minimum absolute atomic E-state index is 0.0811. The van der Waals surface area contributed by atoms with Gasteiger partial charge >= 0.3 is 6.29 Å². The van der Waals surface area contributed by atoms with Gasteiger partial charge in [0.05, 0.1) is 12.1 Å². The highest BCUT2D eigenvalue weighted by Crippen LogP contribution is 2.42. The van der Waals surface area contributed by atoms with Gasteiger partial charge in [0, 0.05) is 18.3 Å². The Balaban J connectivity index is 1.69. The van der Waals surface area contributed by atoms with Crippen LogP contribution in [0.1, 0.15) is 6.42 Å². The number of carbonyl (C=O) groups excluding carboxylic acids is 1. The second-order valence-electron chi connectivity index (χ2n) is 4.67. The van der Waals surface area contributed by atoms with Gasteiger partial charge < -0.3 is 25.2 Å². The number of benzene rings is 1. The Hall–Kier alpha value is -1.93. The molecule has 8 heteroatoms. The molecule has 3 N–H and O–H groups in total. The van der Waals surface area contributed by atoms with E-state index in [2.05, 4.69) is 20.1 Å². The zero-order valence-corrected chi connectivity index (χ0v) is 10.2. The number of hydrogen-bond acceptors (Lipinski definition) is 5. The van der Waals surface area contributed by atoms with E-state index in [1.165, 1.54) is 18.2 Å². The average Bonchev–Trinajstić information content (AvgIpc) is 2.90. The molecule has 108 valence electrons. The molecule has 2 heterocycles. The molecule has 1 aromatic rings. The van der Waals surface area contributed by atoms with Crippen LogP contribution in [0.5, 0.6) is 11.5 Å². The predicted molar refractivity (Wildman–Crippen MR) is 63.7 cm³/mol. The number of hydrogen-bond donors (Lipinski definition) is 3. The number of alkyl halides is 2. The second kappa shape index (κ2) is 4.57. The van der Waals surface area contributed by atoms with E-state index in [1.807, 2.05) is 0 Å². The van der Waals surface area contributed by atoms with Gasteiger partial charge in [0.25, 0.3) is 0 Å². The third kappa shape index (κ3) is 2.52. The van der Waals surface area contributed by atoms with E-state index in [9.17, 15) is 18.7 Å². The molecule has 2 atom stereocenters. The highest BCUT2D eigenvalue weighted by atomic mass is 19.3. The minimum atomic E-state index is -3.68. The Morgan fingerprint density at radius 3 is 2.85 bits per heavy atom. The normalized spacial score (nSPS) is 26.6. The topological polar surface area (TPSA) is 79.8 Å². The van der Waals surface area contributed by atoms with Gasteiger partial charge in [-0.3, -0.25) is 4.79 Å². The first-order valence-corrected chi connectivity index (χ1v) is 6.05. The molecule has 1 fully saturated rings. The van der Waals surface area contributed by atoms with Gasteiger partial charge in [-0.25, -0.2) is 0 Å². The van der Waals surface area contributed by atoms with Crippen molar-refractivity contribution >= 4 is 11.6 Å². The number of carbonyl (C=O) groups is 1. The third-order valence-corrected chi connectivity index (χ3v) is 3.09. The zero-order valence-electron chi connectivity index (χ0n) is 10.2. The Morgan fingerprint density at radius 2 is 2.15 bits per heavy atom. The summed E-state index contributed by atoms with van der Waals surface area (Å²) >= 11 is 0. The standard InChI is InChI=1S/C12H12F2N2O4/c13-12(14)19-9-2-1-6(3-10(9)20-12)16-11(18)8-4-7(17)5-15-8/h1-3,7-8,15,17H,4-5H2,(H,16,18). The van der Waals surface area contributed by atoms with Gasteiger partial charge in [-0.1, -0.05) is 0 Å². The molecule has 0 bridgehead atoms. The zero-order chi connectivity index (χ0) is 14.3. The molecule has 1 saturated heterocycles. The number of β-amino-alcohol motifs (C(OH)–C–C–N with tert-alkyl or cyclic N) is 1. The summed E-state index contributed by atoms with van der Waals surface area (Å²) in [5, 5.41) is 14.8. The van der Waals surface area contributed by atoms with E-state index in [0.717, 1.165) is 0 Å². The molecule has 0 aliphatic carbocycles. The summed E-state index contributed by atoms with van der Waals surface area (Å²) in [5.41, 5.74) is 0.318. The van der Waals surface area contributed by atoms with Crippen molar-refractivity contribution < 1.29 is 28.2 Å². The SMILES string of the molecule is O=C(Nc1ccc2c(c1)OC(F)(F)O2)C1CC(O)CN1. The molecule has 20 heavy (non-hydrogen) atoms. The number of ether oxygens (including phenoxy) is 2. The van der Waals surface area contributed by atoms with Crippen LogP contribution in [0.3, 0.4) is 0 Å². The predicted octanol–water partition coefficient (Wildman–Crippen LogP) is 0.669. The highest BCUT2D eigenvalue weighted by Gasteiger charge is 2.43. The van der Waals surface area contributed by atoms with E-state index in [-0.39, 0.29) is 17.4 Å². The van der Waals surface area contributed by atoms with Crippen molar-refractivity contribution in [3.63, 3.8) is 0 Å². The van der Waals surface area contributed by atoms with Gasteiger partial charge in [0.2, 0.25) is 5.91 Å². The number of rotatable bonds is 2. The molecular formula is C12H12F2N2O4. The summed E-state index contributed by atoms with van der Waals surface area (Å²) in [5.74, 6) is -0.554. The lowest BCUT2D eigenvalue weighted by molar-refractivity contribution is -0.286. The Morgan fingerprint density at radius 1 is 1.40 bits per heavy atom. The molecule has 0 radical (unpaired) electrons. The fraction of sp³-hybridized carbons (Fsp3) is 0.417. The molecule has 0 spiro atoms. The largest absolute Gasteiger partial charge is 0.586 e. The molecule has 0 saturated carbocycles. The van der Waals surface area contributed by atoms with Gasteiger partial charge in [0.15, 0.2) is 11.5 Å². The first kappa shape index (κ1) is 13.1. The lowest BCUT2D eigenvalue weighted by Crippen LogP contribution is -2.35. The smallest absolute Gasteiger partial charge is 0.395 e. The maximum absolute atomic E-state index is 12.9. The van der Waals surface area contributed by atoms with E-state index >= 15 is 0 Å². The fourth-order valence-electron chi connectivity index (χ4n) is 2.17. The van der Waals surface area contributed by atoms with Crippen molar-refractivity contribution in [1.29, 1.82) is 0 Å². The molecule has 0 aromatic heterocycles. The molecule has 1 aromatic carbocycles. The Bertz CT molecular complexity index is 552. The van der Waals surface area contributed by atoms with Crippen LogP contribution in [-0.2, 0) is 4.79 Å². The summed E-state index contributed by atoms with van der Waals surface area (Å²) in [6.07, 6.45) is -3.92. The summed E-state index contributed by atoms with van der Waals surface area (Å²) in [7, 11) is 0. The molecule has 2 aliphatic heterocycles. The fourth-order valence-corrected chi connectivity index (χ4v) is 2.17. The molecule has 2 aliphatic rings. The third-order valence-electron chi connectivity index (χ3n) is 3.09. The second-order valence-corrected chi connectivity index (χ2v) is 4.67. The highest BCUT2D eigenvalue weighted by molar-refractivity contribution is 5.95. The van der Waals surface area contributed by atoms with Crippen molar-refractivity contribution in [2.75, 3.05) is 11.9 Å². The van der Waals surface area contributed by atoms with Crippen molar-refractivity contribution in [2.45, 2.75) is 24.9 Å². The van der Waals surface area contributed by atoms with Crippen LogP contribution in [0.15, 0.2) is 18.2 Å². The maximum atomic E-state index is 12.9. The lowest BCUT2D eigenvalue weighted by atomic mass is 10.2. The number of amides is 1. The molecule has 1 amide bonds. The number of halogens is 2. The van der Waals surface area contributed by atoms with Gasteiger partial charge in [-0.2, -0.15) is 0 Å². The molecule has 3 rings (SSSR count). The van der Waals surface area contributed by atoms with Crippen molar-refractivity contribution in [2.24, 2.45) is 0 Å². The number of anilines is 1.